The van der Waals surface area contributed by atoms with Crippen molar-refractivity contribution in [2.75, 3.05) is 26.7 Å². The van der Waals surface area contributed by atoms with E-state index < -0.39 is 17.8 Å². The van der Waals surface area contributed by atoms with Crippen molar-refractivity contribution >= 4 is 17.8 Å². The molecule has 0 spiro atoms. The van der Waals surface area contributed by atoms with Crippen molar-refractivity contribution in [3.63, 3.8) is 0 Å². The molecular formula is C12H18N2O4. The van der Waals surface area contributed by atoms with Crippen molar-refractivity contribution in [3.05, 3.63) is 0 Å². The van der Waals surface area contributed by atoms with E-state index in [9.17, 15) is 14.4 Å². The number of amides is 2. The molecule has 1 saturated carbocycles. The van der Waals surface area contributed by atoms with Crippen molar-refractivity contribution in [2.45, 2.75) is 19.3 Å². The monoisotopic (exact) mass is 254 g/mol. The number of hydrogen-bond acceptors (Lipinski definition) is 3. The summed E-state index contributed by atoms with van der Waals surface area (Å²) in [6, 6.07) is 0. The third-order valence-corrected chi connectivity index (χ3v) is 3.63. The third-order valence-electron chi connectivity index (χ3n) is 3.63. The van der Waals surface area contributed by atoms with Gasteiger partial charge < -0.3 is 14.9 Å². The molecule has 1 N–H and O–H groups in total. The first-order chi connectivity index (χ1) is 8.50. The quantitative estimate of drug-likeness (QED) is 0.753. The van der Waals surface area contributed by atoms with Crippen molar-refractivity contribution in [1.29, 1.82) is 0 Å². The highest BCUT2D eigenvalue weighted by Crippen LogP contribution is 2.39. The van der Waals surface area contributed by atoms with E-state index in [1.165, 1.54) is 4.90 Å². The third kappa shape index (κ3) is 2.63. The van der Waals surface area contributed by atoms with Gasteiger partial charge in [-0.1, -0.05) is 0 Å². The predicted molar refractivity (Wildman–Crippen MR) is 62.7 cm³/mol. The maximum Gasteiger partial charge on any atom is 0.307 e. The summed E-state index contributed by atoms with van der Waals surface area (Å²) in [5.41, 5.74) is 0. The van der Waals surface area contributed by atoms with Gasteiger partial charge in [0.2, 0.25) is 11.8 Å². The van der Waals surface area contributed by atoms with Crippen LogP contribution in [0, 0.1) is 11.8 Å². The number of hydrogen-bond donors (Lipinski definition) is 1. The van der Waals surface area contributed by atoms with Crippen LogP contribution in [0.25, 0.3) is 0 Å². The molecule has 2 fully saturated rings. The normalized spacial score (nSPS) is 25.9. The van der Waals surface area contributed by atoms with Gasteiger partial charge in [0.1, 0.15) is 0 Å². The zero-order chi connectivity index (χ0) is 13.3. The molecule has 6 heteroatoms. The van der Waals surface area contributed by atoms with E-state index in [0.717, 1.165) is 25.9 Å². The van der Waals surface area contributed by atoms with Gasteiger partial charge in [0.05, 0.1) is 18.4 Å². The predicted octanol–water partition coefficient (Wildman–Crippen LogP) is -0.212. The molecule has 0 bridgehead atoms. The summed E-state index contributed by atoms with van der Waals surface area (Å²) in [6.07, 6.45) is 2.44. The molecular weight excluding hydrogens is 236 g/mol. The topological polar surface area (TPSA) is 77.9 Å². The Labute approximate surface area is 106 Å². The Morgan fingerprint density at radius 3 is 2.33 bits per heavy atom. The molecule has 18 heavy (non-hydrogen) atoms. The minimum atomic E-state index is -0.924. The Morgan fingerprint density at radius 1 is 1.22 bits per heavy atom. The zero-order valence-corrected chi connectivity index (χ0v) is 10.5. The lowest BCUT2D eigenvalue weighted by molar-refractivity contribution is -0.143. The van der Waals surface area contributed by atoms with E-state index in [0.29, 0.717) is 6.42 Å². The van der Waals surface area contributed by atoms with E-state index in [4.69, 9.17) is 5.11 Å². The van der Waals surface area contributed by atoms with Crippen LogP contribution in [0.2, 0.25) is 0 Å². The first-order valence-electron chi connectivity index (χ1n) is 6.26. The molecule has 1 aliphatic carbocycles. The van der Waals surface area contributed by atoms with Gasteiger partial charge in [-0.2, -0.15) is 0 Å². The lowest BCUT2D eigenvalue weighted by atomic mass is 10.3. The van der Waals surface area contributed by atoms with Gasteiger partial charge in [0.25, 0.3) is 0 Å². The molecule has 1 aliphatic heterocycles. The van der Waals surface area contributed by atoms with Crippen molar-refractivity contribution in [2.24, 2.45) is 11.8 Å². The Hall–Kier alpha value is -1.59. The molecule has 6 nitrogen and oxygen atoms in total. The molecule has 2 aliphatic rings. The summed E-state index contributed by atoms with van der Waals surface area (Å²) < 4.78 is 0. The first kappa shape index (κ1) is 12.9. The van der Waals surface area contributed by atoms with Crippen molar-refractivity contribution < 1.29 is 19.5 Å². The molecule has 1 saturated heterocycles. The maximum absolute atomic E-state index is 11.9. The van der Waals surface area contributed by atoms with Gasteiger partial charge in [-0.25, -0.2) is 0 Å². The summed E-state index contributed by atoms with van der Waals surface area (Å²) >= 11 is 0. The first-order valence-corrected chi connectivity index (χ1v) is 6.26. The number of likely N-dealkylation sites (tertiary alicyclic amines) is 1. The van der Waals surface area contributed by atoms with Crippen LogP contribution in [0.15, 0.2) is 0 Å². The SMILES string of the molecule is CN(CC(=O)N1CCCC1)C(=O)C1CC1C(=O)O. The summed E-state index contributed by atoms with van der Waals surface area (Å²) in [7, 11) is 1.56. The standard InChI is InChI=1S/C12H18N2O4/c1-13(7-10(15)14-4-2-3-5-14)11(16)8-6-9(8)12(17)18/h8-9H,2-7H2,1H3,(H,17,18). The molecule has 2 unspecified atom stereocenters. The molecule has 2 atom stereocenters. The van der Waals surface area contributed by atoms with Crippen LogP contribution < -0.4 is 0 Å². The molecule has 0 radical (unpaired) electrons. The second-order valence-corrected chi connectivity index (χ2v) is 5.07. The Kier molecular flexibility index (Phi) is 3.54. The Morgan fingerprint density at radius 2 is 1.83 bits per heavy atom. The Balaban J connectivity index is 1.81. The lowest BCUT2D eigenvalue weighted by Gasteiger charge is -2.21. The molecule has 1 heterocycles. The van der Waals surface area contributed by atoms with Crippen molar-refractivity contribution in [1.82, 2.24) is 9.80 Å². The van der Waals surface area contributed by atoms with Crippen molar-refractivity contribution in [3.8, 4) is 0 Å². The van der Waals surface area contributed by atoms with Gasteiger partial charge in [-0.15, -0.1) is 0 Å². The van der Waals surface area contributed by atoms with Crippen LogP contribution in [0.5, 0.6) is 0 Å². The number of carboxylic acid groups (broad SMARTS) is 1. The van der Waals surface area contributed by atoms with Crippen LogP contribution in [-0.2, 0) is 14.4 Å². The number of aliphatic carboxylic acids is 1. The Bertz CT molecular complexity index is 376. The van der Waals surface area contributed by atoms with E-state index in [2.05, 4.69) is 0 Å². The smallest absolute Gasteiger partial charge is 0.307 e. The number of carbonyl (C=O) groups excluding carboxylic acids is 2. The molecule has 0 aromatic rings. The zero-order valence-electron chi connectivity index (χ0n) is 10.5. The molecule has 0 aromatic heterocycles. The number of carboxylic acids is 1. The molecule has 2 amide bonds. The summed E-state index contributed by atoms with van der Waals surface area (Å²) in [5.74, 6) is -2.18. The molecule has 2 rings (SSSR count). The fourth-order valence-corrected chi connectivity index (χ4v) is 2.37. The van der Waals surface area contributed by atoms with Gasteiger partial charge >= 0.3 is 5.97 Å². The minimum Gasteiger partial charge on any atom is -0.481 e. The van der Waals surface area contributed by atoms with Crippen LogP contribution in [0.4, 0.5) is 0 Å². The molecule has 100 valence electrons. The number of nitrogens with zero attached hydrogens (tertiary/aromatic N) is 2. The average Bonchev–Trinajstić information content (AvgIpc) is 2.94. The van der Waals surface area contributed by atoms with E-state index in [1.807, 2.05) is 0 Å². The fourth-order valence-electron chi connectivity index (χ4n) is 2.37. The van der Waals surface area contributed by atoms with E-state index in [-0.39, 0.29) is 18.4 Å². The minimum absolute atomic E-state index is 0.0455. The summed E-state index contributed by atoms with van der Waals surface area (Å²) in [6.45, 7) is 1.59. The van der Waals surface area contributed by atoms with E-state index >= 15 is 0 Å². The van der Waals surface area contributed by atoms with Crippen LogP contribution in [-0.4, -0.2) is 59.4 Å². The second kappa shape index (κ2) is 4.96. The second-order valence-electron chi connectivity index (χ2n) is 5.07. The number of rotatable bonds is 4. The number of carbonyl (C=O) groups is 3. The van der Waals surface area contributed by atoms with Gasteiger partial charge in [-0.05, 0) is 19.3 Å². The highest BCUT2D eigenvalue weighted by Gasteiger charge is 2.49. The lowest BCUT2D eigenvalue weighted by Crippen LogP contribution is -2.40. The highest BCUT2D eigenvalue weighted by molar-refractivity contribution is 5.91. The van der Waals surface area contributed by atoms with Crippen LogP contribution >= 0.6 is 0 Å². The number of likely N-dealkylation sites (N-methyl/N-ethyl adjacent to an activating group) is 1. The van der Waals surface area contributed by atoms with Crippen LogP contribution in [0.3, 0.4) is 0 Å². The largest absolute Gasteiger partial charge is 0.481 e. The summed E-state index contributed by atoms with van der Waals surface area (Å²) in [4.78, 5) is 37.5. The van der Waals surface area contributed by atoms with Gasteiger partial charge in [-0.3, -0.25) is 14.4 Å². The van der Waals surface area contributed by atoms with Gasteiger partial charge in [0, 0.05) is 20.1 Å². The highest BCUT2D eigenvalue weighted by atomic mass is 16.4. The maximum atomic E-state index is 11.9. The fraction of sp³-hybridized carbons (Fsp3) is 0.750. The van der Waals surface area contributed by atoms with E-state index in [1.54, 1.807) is 11.9 Å². The van der Waals surface area contributed by atoms with Gasteiger partial charge in [0.15, 0.2) is 0 Å². The van der Waals surface area contributed by atoms with Crippen LogP contribution in [0.1, 0.15) is 19.3 Å². The molecule has 0 aromatic carbocycles. The summed E-state index contributed by atoms with van der Waals surface area (Å²) in [5, 5.41) is 8.76. The average molecular weight is 254 g/mol.